The van der Waals surface area contributed by atoms with Crippen LogP contribution in [0.2, 0.25) is 0 Å². The van der Waals surface area contributed by atoms with E-state index in [0.717, 1.165) is 5.57 Å². The number of hydrogen-bond donors (Lipinski definition) is 0. The predicted octanol–water partition coefficient (Wildman–Crippen LogP) is 4.30. The van der Waals surface area contributed by atoms with Crippen molar-refractivity contribution in [3.8, 4) is 0 Å². The fraction of sp³-hybridized carbons (Fsp3) is 0.143. The van der Waals surface area contributed by atoms with Gasteiger partial charge in [-0.2, -0.15) is 0 Å². The van der Waals surface area contributed by atoms with Gasteiger partial charge in [0.1, 0.15) is 11.5 Å². The Bertz CT molecular complexity index is 327. The van der Waals surface area contributed by atoms with E-state index in [0.29, 0.717) is 11.5 Å². The van der Waals surface area contributed by atoms with E-state index in [2.05, 4.69) is 19.7 Å². The fourth-order valence-electron chi connectivity index (χ4n) is 0.828. The molecule has 0 radical (unpaired) electrons. The molecule has 0 saturated carbocycles. The van der Waals surface area contributed by atoms with Crippen molar-refractivity contribution in [1.82, 2.24) is 0 Å². The molecule has 0 amide bonds. The molecule has 0 rings (SSSR count). The van der Waals surface area contributed by atoms with Crippen molar-refractivity contribution in [2.75, 3.05) is 0 Å². The van der Waals surface area contributed by atoms with E-state index < -0.39 is 0 Å². The Hall–Kier alpha value is -1.76. The fourth-order valence-corrected chi connectivity index (χ4v) is 0.828. The zero-order valence-electron chi connectivity index (χ0n) is 9.49. The van der Waals surface area contributed by atoms with E-state index >= 15 is 0 Å². The maximum atomic E-state index is 5.45. The topological polar surface area (TPSA) is 9.23 Å². The van der Waals surface area contributed by atoms with Crippen molar-refractivity contribution in [3.05, 3.63) is 73.3 Å². The summed E-state index contributed by atoms with van der Waals surface area (Å²) in [6, 6.07) is 0. The van der Waals surface area contributed by atoms with Crippen LogP contribution in [0.15, 0.2) is 73.3 Å². The molecule has 0 aliphatic rings. The molecule has 0 aromatic carbocycles. The minimum absolute atomic E-state index is 0.572. The molecule has 80 valence electrons. The minimum Gasteiger partial charge on any atom is -0.458 e. The smallest absolute Gasteiger partial charge is 0.126 e. The SMILES string of the molecule is C=C/C(C)=C\C(=C)O/C(C=C)=C/C=C\C. The van der Waals surface area contributed by atoms with Gasteiger partial charge in [0.25, 0.3) is 0 Å². The van der Waals surface area contributed by atoms with Crippen LogP contribution in [-0.4, -0.2) is 0 Å². The first-order valence-electron chi connectivity index (χ1n) is 4.77. The van der Waals surface area contributed by atoms with Gasteiger partial charge < -0.3 is 4.74 Å². The molecule has 0 bridgehead atoms. The Kier molecular flexibility index (Phi) is 6.73. The van der Waals surface area contributed by atoms with Crippen molar-refractivity contribution < 1.29 is 4.74 Å². The zero-order valence-corrected chi connectivity index (χ0v) is 9.49. The monoisotopic (exact) mass is 202 g/mol. The van der Waals surface area contributed by atoms with Crippen LogP contribution in [0.4, 0.5) is 0 Å². The lowest BCUT2D eigenvalue weighted by Crippen LogP contribution is -1.87. The van der Waals surface area contributed by atoms with Gasteiger partial charge in [-0.1, -0.05) is 38.0 Å². The molecule has 0 spiro atoms. The second kappa shape index (κ2) is 7.63. The average molecular weight is 202 g/mol. The summed E-state index contributed by atoms with van der Waals surface area (Å²) in [5, 5.41) is 0. The summed E-state index contributed by atoms with van der Waals surface area (Å²) in [5.74, 6) is 1.24. The van der Waals surface area contributed by atoms with Crippen LogP contribution >= 0.6 is 0 Å². The van der Waals surface area contributed by atoms with E-state index in [1.54, 1.807) is 12.2 Å². The first-order chi connectivity index (χ1) is 7.13. The summed E-state index contributed by atoms with van der Waals surface area (Å²) in [6.07, 6.45) is 10.8. The van der Waals surface area contributed by atoms with Crippen molar-refractivity contribution >= 4 is 0 Å². The predicted molar refractivity (Wildman–Crippen MR) is 67.3 cm³/mol. The minimum atomic E-state index is 0.572. The quantitative estimate of drug-likeness (QED) is 0.461. The summed E-state index contributed by atoms with van der Waals surface area (Å²) >= 11 is 0. The highest BCUT2D eigenvalue weighted by Crippen LogP contribution is 2.09. The van der Waals surface area contributed by atoms with Crippen molar-refractivity contribution in [1.29, 1.82) is 0 Å². The highest BCUT2D eigenvalue weighted by atomic mass is 16.5. The Labute approximate surface area is 92.5 Å². The largest absolute Gasteiger partial charge is 0.458 e. The molecule has 0 fully saturated rings. The van der Waals surface area contributed by atoms with E-state index in [9.17, 15) is 0 Å². The second-order valence-corrected chi connectivity index (χ2v) is 2.96. The van der Waals surface area contributed by atoms with Crippen LogP contribution in [0.1, 0.15) is 13.8 Å². The summed E-state index contributed by atoms with van der Waals surface area (Å²) in [4.78, 5) is 0. The maximum absolute atomic E-state index is 5.45. The van der Waals surface area contributed by atoms with Crippen LogP contribution in [0, 0.1) is 0 Å². The Morgan fingerprint density at radius 3 is 2.33 bits per heavy atom. The lowest BCUT2D eigenvalue weighted by molar-refractivity contribution is 0.338. The number of rotatable bonds is 6. The highest BCUT2D eigenvalue weighted by molar-refractivity contribution is 5.25. The van der Waals surface area contributed by atoms with E-state index in [1.165, 1.54) is 0 Å². The molecule has 0 saturated heterocycles. The highest BCUT2D eigenvalue weighted by Gasteiger charge is 1.94. The van der Waals surface area contributed by atoms with Gasteiger partial charge in [-0.3, -0.25) is 0 Å². The maximum Gasteiger partial charge on any atom is 0.126 e. The third-order valence-corrected chi connectivity index (χ3v) is 1.61. The Morgan fingerprint density at radius 1 is 1.20 bits per heavy atom. The lowest BCUT2D eigenvalue weighted by atomic mass is 10.2. The first kappa shape index (κ1) is 13.2. The molecule has 0 heterocycles. The summed E-state index contributed by atoms with van der Waals surface area (Å²) in [7, 11) is 0. The van der Waals surface area contributed by atoms with Gasteiger partial charge in [-0.15, -0.1) is 0 Å². The molecule has 0 aromatic rings. The van der Waals surface area contributed by atoms with E-state index in [1.807, 2.05) is 38.2 Å². The number of allylic oxidation sites excluding steroid dienone is 7. The third kappa shape index (κ3) is 6.33. The standard InChI is InChI=1S/C14H18O/c1-6-9-10-14(8-3)15-13(5)11-12(4)7-2/h6-11H,2-3,5H2,1,4H3/b9-6-,12-11-,14-10+. The molecule has 0 aliphatic carbocycles. The van der Waals surface area contributed by atoms with Crippen molar-refractivity contribution in [2.45, 2.75) is 13.8 Å². The van der Waals surface area contributed by atoms with Crippen molar-refractivity contribution in [2.24, 2.45) is 0 Å². The molecule has 1 nitrogen and oxygen atoms in total. The summed E-state index contributed by atoms with van der Waals surface area (Å²) in [6.45, 7) is 15.0. The van der Waals surface area contributed by atoms with Crippen LogP contribution in [0.3, 0.4) is 0 Å². The molecule has 0 aliphatic heterocycles. The lowest BCUT2D eigenvalue weighted by Gasteiger charge is -2.05. The van der Waals surface area contributed by atoms with Crippen LogP contribution < -0.4 is 0 Å². The van der Waals surface area contributed by atoms with Gasteiger partial charge in [0.2, 0.25) is 0 Å². The van der Waals surface area contributed by atoms with Gasteiger partial charge in [-0.25, -0.2) is 0 Å². The second-order valence-electron chi connectivity index (χ2n) is 2.96. The normalized spacial score (nSPS) is 12.7. The van der Waals surface area contributed by atoms with Gasteiger partial charge in [0.05, 0.1) is 0 Å². The molecule has 0 unspecified atom stereocenters. The molecule has 0 N–H and O–H groups in total. The van der Waals surface area contributed by atoms with Gasteiger partial charge in [-0.05, 0) is 37.6 Å². The van der Waals surface area contributed by atoms with E-state index in [4.69, 9.17) is 4.74 Å². The van der Waals surface area contributed by atoms with Crippen molar-refractivity contribution in [3.63, 3.8) is 0 Å². The average Bonchev–Trinajstić information content (AvgIpc) is 2.23. The van der Waals surface area contributed by atoms with Gasteiger partial charge in [0, 0.05) is 0 Å². The number of hydrogen-bond acceptors (Lipinski definition) is 1. The molecular formula is C14H18O. The van der Waals surface area contributed by atoms with Gasteiger partial charge >= 0.3 is 0 Å². The van der Waals surface area contributed by atoms with Gasteiger partial charge in [0.15, 0.2) is 0 Å². The summed E-state index contributed by atoms with van der Waals surface area (Å²) in [5.41, 5.74) is 1.01. The molecule has 1 heteroatoms. The molecular weight excluding hydrogens is 184 g/mol. The molecule has 0 atom stereocenters. The Morgan fingerprint density at radius 2 is 1.87 bits per heavy atom. The van der Waals surface area contributed by atoms with Crippen LogP contribution in [0.5, 0.6) is 0 Å². The van der Waals surface area contributed by atoms with Crippen LogP contribution in [-0.2, 0) is 4.74 Å². The molecule has 15 heavy (non-hydrogen) atoms. The van der Waals surface area contributed by atoms with Crippen LogP contribution in [0.25, 0.3) is 0 Å². The van der Waals surface area contributed by atoms with E-state index in [-0.39, 0.29) is 0 Å². The zero-order chi connectivity index (χ0) is 11.7. The Balaban J connectivity index is 4.51. The molecule has 0 aromatic heterocycles. The third-order valence-electron chi connectivity index (χ3n) is 1.61. The first-order valence-corrected chi connectivity index (χ1v) is 4.77. The number of ether oxygens (including phenoxy) is 1. The summed E-state index contributed by atoms with van der Waals surface area (Å²) < 4.78 is 5.45.